The van der Waals surface area contributed by atoms with E-state index >= 15 is 4.39 Å². The summed E-state index contributed by atoms with van der Waals surface area (Å²) in [5.41, 5.74) is -1.40. The van der Waals surface area contributed by atoms with Crippen LogP contribution in [0.1, 0.15) is 62.9 Å². The van der Waals surface area contributed by atoms with Gasteiger partial charge in [0.25, 0.3) is 0 Å². The number of aliphatic imine (C=N–C) groups is 1. The SMILES string of the molecule is CC(C)(C)OC(=O)N(COCC[Si](C)(C)C)C1=N[C@](C)(c2cc(C=O)ccc2F)[C@@H]2C[C@]2(C(=O)N2CCCC2)S1. The fourth-order valence-electron chi connectivity index (χ4n) is 5.34. The average Bonchev–Trinajstić information content (AvgIpc) is 3.36. The van der Waals surface area contributed by atoms with E-state index in [1.54, 1.807) is 27.7 Å². The molecule has 2 fully saturated rings. The predicted molar refractivity (Wildman–Crippen MR) is 158 cm³/mol. The largest absolute Gasteiger partial charge is 0.443 e. The molecule has 0 aromatic heterocycles. The molecule has 0 spiro atoms. The first kappa shape index (κ1) is 30.7. The van der Waals surface area contributed by atoms with Crippen molar-refractivity contribution in [2.24, 2.45) is 10.9 Å². The second-order valence-corrected chi connectivity index (χ2v) is 20.3. The Bertz CT molecular complexity index is 1190. The number of nitrogens with zero attached hydrogens (tertiary/aromatic N) is 3. The van der Waals surface area contributed by atoms with Crippen molar-refractivity contribution < 1.29 is 28.2 Å². The lowest BCUT2D eigenvalue weighted by Gasteiger charge is -2.38. The molecule has 2 amide bonds. The number of ether oxygens (including phenoxy) is 2. The zero-order chi connectivity index (χ0) is 29.5. The number of carbonyl (C=O) groups is 3. The summed E-state index contributed by atoms with van der Waals surface area (Å²) in [6, 6.07) is 5.10. The Hall–Kier alpha value is -2.24. The lowest BCUT2D eigenvalue weighted by atomic mass is 9.84. The molecule has 2 aliphatic heterocycles. The quantitative estimate of drug-likeness (QED) is 0.162. The van der Waals surface area contributed by atoms with Crippen LogP contribution >= 0.6 is 11.8 Å². The second-order valence-electron chi connectivity index (χ2n) is 13.4. The van der Waals surface area contributed by atoms with Crippen LogP contribution in [0.5, 0.6) is 0 Å². The number of hydrogen-bond donors (Lipinski definition) is 0. The van der Waals surface area contributed by atoms with Gasteiger partial charge in [-0.2, -0.15) is 0 Å². The fraction of sp³-hybridized carbons (Fsp3) is 0.655. The predicted octanol–water partition coefficient (Wildman–Crippen LogP) is 5.89. The molecule has 4 rings (SSSR count). The molecule has 8 nitrogen and oxygen atoms in total. The maximum absolute atomic E-state index is 15.4. The summed E-state index contributed by atoms with van der Waals surface area (Å²) < 4.78 is 26.2. The molecule has 1 aliphatic carbocycles. The van der Waals surface area contributed by atoms with Crippen LogP contribution in [-0.4, -0.2) is 78.1 Å². The minimum Gasteiger partial charge on any atom is -0.443 e. The second kappa shape index (κ2) is 11.2. The molecule has 1 saturated heterocycles. The third-order valence-electron chi connectivity index (χ3n) is 7.68. The van der Waals surface area contributed by atoms with Crippen LogP contribution in [0.25, 0.3) is 0 Å². The van der Waals surface area contributed by atoms with Crippen LogP contribution in [0.2, 0.25) is 25.7 Å². The summed E-state index contributed by atoms with van der Waals surface area (Å²) in [5.74, 6) is -0.811. The fourth-order valence-corrected chi connectivity index (χ4v) is 7.74. The summed E-state index contributed by atoms with van der Waals surface area (Å²) in [6.07, 6.45) is 2.41. The number of rotatable bonds is 8. The topological polar surface area (TPSA) is 88.5 Å². The molecule has 3 aliphatic rings. The van der Waals surface area contributed by atoms with Gasteiger partial charge in [0.1, 0.15) is 29.2 Å². The molecule has 0 N–H and O–H groups in total. The van der Waals surface area contributed by atoms with Gasteiger partial charge in [0.2, 0.25) is 5.91 Å². The van der Waals surface area contributed by atoms with E-state index in [9.17, 15) is 14.4 Å². The van der Waals surface area contributed by atoms with E-state index in [1.165, 1.54) is 34.9 Å². The zero-order valence-electron chi connectivity index (χ0n) is 24.7. The van der Waals surface area contributed by atoms with E-state index in [4.69, 9.17) is 14.5 Å². The Morgan fingerprint density at radius 1 is 1.25 bits per heavy atom. The van der Waals surface area contributed by atoms with Crippen LogP contribution in [0.15, 0.2) is 23.2 Å². The summed E-state index contributed by atoms with van der Waals surface area (Å²) in [6.45, 7) is 15.6. The standard InChI is InChI=1S/C29H42FN3O5SSi/c1-27(2,3)38-26(36)33(19-37-14-15-40(5,6)7)25-31-28(4,21-16-20(18-34)10-11-22(21)30)23-17-29(23,39-25)24(35)32-12-8-9-13-32/h10-11,16,18,23H,8-9,12-15,17,19H2,1-7H3/t23-,28+,29-/m0/s1. The highest BCUT2D eigenvalue weighted by Crippen LogP contribution is 2.67. The van der Waals surface area contributed by atoms with Gasteiger partial charge in [0, 0.05) is 44.8 Å². The minimum atomic E-state index is -1.38. The van der Waals surface area contributed by atoms with Gasteiger partial charge in [-0.05, 0) is 71.2 Å². The van der Waals surface area contributed by atoms with Gasteiger partial charge in [0.05, 0.1) is 5.54 Å². The van der Waals surface area contributed by atoms with E-state index in [-0.39, 0.29) is 29.3 Å². The number of likely N-dealkylation sites (tertiary alicyclic amines) is 1. The highest BCUT2D eigenvalue weighted by atomic mass is 32.2. The molecule has 40 heavy (non-hydrogen) atoms. The summed E-state index contributed by atoms with van der Waals surface area (Å²) >= 11 is 1.26. The average molecular weight is 592 g/mol. The Morgan fingerprint density at radius 2 is 1.93 bits per heavy atom. The Balaban J connectivity index is 1.77. The summed E-state index contributed by atoms with van der Waals surface area (Å²) in [7, 11) is -1.38. The molecule has 1 aromatic rings. The molecule has 11 heteroatoms. The molecule has 1 aromatic carbocycles. The summed E-state index contributed by atoms with van der Waals surface area (Å²) in [4.78, 5) is 47.3. The molecule has 3 atom stereocenters. The normalized spacial score (nSPS) is 26.1. The van der Waals surface area contributed by atoms with Crippen LogP contribution < -0.4 is 0 Å². The number of benzene rings is 1. The zero-order valence-corrected chi connectivity index (χ0v) is 26.5. The van der Waals surface area contributed by atoms with Crippen molar-refractivity contribution in [1.29, 1.82) is 0 Å². The van der Waals surface area contributed by atoms with Crippen LogP contribution in [0.3, 0.4) is 0 Å². The van der Waals surface area contributed by atoms with Crippen molar-refractivity contribution in [2.45, 2.75) is 88.5 Å². The minimum absolute atomic E-state index is 0.00522. The van der Waals surface area contributed by atoms with Crippen molar-refractivity contribution in [1.82, 2.24) is 9.80 Å². The van der Waals surface area contributed by atoms with E-state index in [1.807, 2.05) is 4.90 Å². The highest BCUT2D eigenvalue weighted by Gasteiger charge is 2.72. The van der Waals surface area contributed by atoms with Gasteiger partial charge in [-0.15, -0.1) is 0 Å². The number of carbonyl (C=O) groups excluding carboxylic acids is 3. The molecule has 2 heterocycles. The van der Waals surface area contributed by atoms with Crippen LogP contribution in [0.4, 0.5) is 9.18 Å². The van der Waals surface area contributed by atoms with Gasteiger partial charge in [-0.3, -0.25) is 14.6 Å². The molecular weight excluding hydrogens is 549 g/mol. The first-order chi connectivity index (χ1) is 18.6. The molecule has 0 bridgehead atoms. The van der Waals surface area contributed by atoms with Crippen molar-refractivity contribution in [3.8, 4) is 0 Å². The van der Waals surface area contributed by atoms with E-state index < -0.39 is 35.9 Å². The van der Waals surface area contributed by atoms with Crippen LogP contribution in [0, 0.1) is 11.7 Å². The molecule has 0 radical (unpaired) electrons. The highest BCUT2D eigenvalue weighted by molar-refractivity contribution is 8.16. The maximum atomic E-state index is 15.4. The number of amidine groups is 1. The van der Waals surface area contributed by atoms with E-state index in [0.29, 0.717) is 38.0 Å². The van der Waals surface area contributed by atoms with Crippen molar-refractivity contribution in [3.63, 3.8) is 0 Å². The number of thioether (sulfide) groups is 1. The smallest absolute Gasteiger partial charge is 0.418 e. The van der Waals surface area contributed by atoms with Gasteiger partial charge in [0.15, 0.2) is 5.17 Å². The van der Waals surface area contributed by atoms with E-state index in [2.05, 4.69) is 19.6 Å². The number of fused-ring (bicyclic) bond motifs is 1. The monoisotopic (exact) mass is 591 g/mol. The third kappa shape index (κ3) is 6.46. The lowest BCUT2D eigenvalue weighted by molar-refractivity contribution is -0.130. The Labute approximate surface area is 242 Å². The van der Waals surface area contributed by atoms with Crippen molar-refractivity contribution >= 4 is 43.3 Å². The molecule has 0 unspecified atom stereocenters. The molecular formula is C29H42FN3O5SSi. The number of halogens is 1. The Morgan fingerprint density at radius 3 is 2.52 bits per heavy atom. The number of aldehydes is 1. The Kier molecular flexibility index (Phi) is 8.60. The van der Waals surface area contributed by atoms with Gasteiger partial charge >= 0.3 is 6.09 Å². The van der Waals surface area contributed by atoms with Crippen LogP contribution in [-0.2, 0) is 19.8 Å². The summed E-state index contributed by atoms with van der Waals surface area (Å²) in [5, 5.41) is 0.266. The molecule has 1 saturated carbocycles. The number of hydrogen-bond acceptors (Lipinski definition) is 7. The van der Waals surface area contributed by atoms with Gasteiger partial charge < -0.3 is 14.4 Å². The lowest BCUT2D eigenvalue weighted by Crippen LogP contribution is -2.49. The van der Waals surface area contributed by atoms with Gasteiger partial charge in [-0.25, -0.2) is 14.1 Å². The first-order valence-electron chi connectivity index (χ1n) is 14.0. The van der Waals surface area contributed by atoms with Crippen molar-refractivity contribution in [2.75, 3.05) is 26.4 Å². The first-order valence-corrected chi connectivity index (χ1v) is 18.5. The number of amides is 2. The maximum Gasteiger partial charge on any atom is 0.418 e. The van der Waals surface area contributed by atoms with E-state index in [0.717, 1.165) is 18.9 Å². The molecule has 220 valence electrons. The van der Waals surface area contributed by atoms with Crippen molar-refractivity contribution in [3.05, 3.63) is 35.1 Å². The third-order valence-corrected chi connectivity index (χ3v) is 10.9. The van der Waals surface area contributed by atoms with Gasteiger partial charge in [-0.1, -0.05) is 31.4 Å².